The van der Waals surface area contributed by atoms with E-state index in [4.69, 9.17) is 0 Å². The summed E-state index contributed by atoms with van der Waals surface area (Å²) in [6, 6.07) is 10.4. The first-order valence-corrected chi connectivity index (χ1v) is 7.20. The first kappa shape index (κ1) is 14.3. The van der Waals surface area contributed by atoms with Gasteiger partial charge in [-0.1, -0.05) is 38.1 Å². The number of aromatic nitrogens is 3. The van der Waals surface area contributed by atoms with Crippen molar-refractivity contribution >= 4 is 0 Å². The summed E-state index contributed by atoms with van der Waals surface area (Å²) in [4.78, 5) is 0. The monoisotopic (exact) mass is 268 g/mol. The average molecular weight is 268 g/mol. The van der Waals surface area contributed by atoms with Crippen molar-refractivity contribution < 1.29 is 0 Å². The highest BCUT2D eigenvalue weighted by Gasteiger charge is 2.20. The fourth-order valence-electron chi connectivity index (χ4n) is 2.47. The molecular formula is C16H20N4. The lowest BCUT2D eigenvalue weighted by Gasteiger charge is -2.14. The molecule has 1 aromatic carbocycles. The summed E-state index contributed by atoms with van der Waals surface area (Å²) in [6.07, 6.45) is 2.97. The lowest BCUT2D eigenvalue weighted by atomic mass is 9.97. The topological polar surface area (TPSA) is 54.5 Å². The average Bonchev–Trinajstić information content (AvgIpc) is 2.92. The van der Waals surface area contributed by atoms with E-state index in [1.807, 2.05) is 16.8 Å². The number of benzene rings is 1. The zero-order valence-electron chi connectivity index (χ0n) is 12.3. The smallest absolute Gasteiger partial charge is 0.186 e. The van der Waals surface area contributed by atoms with E-state index in [-0.39, 0.29) is 0 Å². The lowest BCUT2D eigenvalue weighted by Crippen LogP contribution is -2.08. The predicted molar refractivity (Wildman–Crippen MR) is 78.8 cm³/mol. The standard InChI is InChI=1S/C16H20N4/c1-4-12-7-9-14(10-8-12)20-16(13(5-2)6-3)15(11-17)18-19-20/h7-10,13H,4-6H2,1-3H3. The Morgan fingerprint density at radius 3 is 2.30 bits per heavy atom. The van der Waals surface area contributed by atoms with Crippen LogP contribution in [-0.2, 0) is 6.42 Å². The molecular weight excluding hydrogens is 248 g/mol. The predicted octanol–water partition coefficient (Wildman–Crippen LogP) is 3.60. The van der Waals surface area contributed by atoms with Gasteiger partial charge in [0.25, 0.3) is 0 Å². The lowest BCUT2D eigenvalue weighted by molar-refractivity contribution is 0.594. The molecule has 0 fully saturated rings. The molecule has 0 amide bonds. The van der Waals surface area contributed by atoms with Gasteiger partial charge in [0.05, 0.1) is 11.4 Å². The SMILES string of the molecule is CCc1ccc(-n2nnc(C#N)c2C(CC)CC)cc1. The Kier molecular flexibility index (Phi) is 4.52. The third-order valence-corrected chi connectivity index (χ3v) is 3.77. The van der Waals surface area contributed by atoms with E-state index >= 15 is 0 Å². The van der Waals surface area contributed by atoms with E-state index < -0.39 is 0 Å². The zero-order chi connectivity index (χ0) is 14.5. The normalized spacial score (nSPS) is 10.8. The molecule has 2 rings (SSSR count). The van der Waals surface area contributed by atoms with Crippen molar-refractivity contribution in [1.82, 2.24) is 15.0 Å². The van der Waals surface area contributed by atoms with Crippen molar-refractivity contribution in [2.75, 3.05) is 0 Å². The van der Waals surface area contributed by atoms with E-state index in [0.717, 1.165) is 30.6 Å². The highest BCUT2D eigenvalue weighted by Crippen LogP contribution is 2.27. The van der Waals surface area contributed by atoms with Gasteiger partial charge in [-0.05, 0) is 37.0 Å². The summed E-state index contributed by atoms with van der Waals surface area (Å²) in [5.41, 5.74) is 3.64. The van der Waals surface area contributed by atoms with E-state index in [1.54, 1.807) is 0 Å². The van der Waals surface area contributed by atoms with E-state index in [1.165, 1.54) is 5.56 Å². The second-order valence-corrected chi connectivity index (χ2v) is 4.88. The van der Waals surface area contributed by atoms with Crippen LogP contribution in [0, 0.1) is 11.3 Å². The summed E-state index contributed by atoms with van der Waals surface area (Å²) < 4.78 is 1.82. The maximum Gasteiger partial charge on any atom is 0.186 e. The maximum absolute atomic E-state index is 9.23. The van der Waals surface area contributed by atoms with Gasteiger partial charge in [0, 0.05) is 5.92 Å². The van der Waals surface area contributed by atoms with Crippen molar-refractivity contribution in [3.63, 3.8) is 0 Å². The largest absolute Gasteiger partial charge is 0.216 e. The summed E-state index contributed by atoms with van der Waals surface area (Å²) >= 11 is 0. The number of rotatable bonds is 5. The minimum Gasteiger partial charge on any atom is -0.216 e. The second kappa shape index (κ2) is 6.33. The Morgan fingerprint density at radius 2 is 1.80 bits per heavy atom. The fourth-order valence-corrected chi connectivity index (χ4v) is 2.47. The molecule has 0 aliphatic rings. The molecule has 4 heteroatoms. The molecule has 0 saturated heterocycles. The molecule has 2 aromatic rings. The van der Waals surface area contributed by atoms with Crippen LogP contribution in [0.1, 0.15) is 56.5 Å². The molecule has 0 bridgehead atoms. The molecule has 4 nitrogen and oxygen atoms in total. The summed E-state index contributed by atoms with van der Waals surface area (Å²) in [5, 5.41) is 17.4. The minimum absolute atomic E-state index is 0.311. The van der Waals surface area contributed by atoms with Crippen LogP contribution >= 0.6 is 0 Å². The van der Waals surface area contributed by atoms with Gasteiger partial charge in [-0.3, -0.25) is 0 Å². The number of nitrogens with zero attached hydrogens (tertiary/aromatic N) is 4. The molecule has 104 valence electrons. The molecule has 0 atom stereocenters. The molecule has 0 spiro atoms. The third kappa shape index (κ3) is 2.57. The fraction of sp³-hybridized carbons (Fsp3) is 0.438. The molecule has 0 radical (unpaired) electrons. The van der Waals surface area contributed by atoms with Gasteiger partial charge in [-0.25, -0.2) is 4.68 Å². The van der Waals surface area contributed by atoms with Crippen LogP contribution in [0.2, 0.25) is 0 Å². The number of nitriles is 1. The van der Waals surface area contributed by atoms with Gasteiger partial charge in [-0.15, -0.1) is 5.10 Å². The van der Waals surface area contributed by atoms with Crippen LogP contribution in [-0.4, -0.2) is 15.0 Å². The molecule has 20 heavy (non-hydrogen) atoms. The Labute approximate surface area is 120 Å². The minimum atomic E-state index is 0.311. The summed E-state index contributed by atoms with van der Waals surface area (Å²) in [6.45, 7) is 6.40. The summed E-state index contributed by atoms with van der Waals surface area (Å²) in [7, 11) is 0. The third-order valence-electron chi connectivity index (χ3n) is 3.77. The second-order valence-electron chi connectivity index (χ2n) is 4.88. The van der Waals surface area contributed by atoms with E-state index in [2.05, 4.69) is 49.3 Å². The molecule has 1 aromatic heterocycles. The quantitative estimate of drug-likeness (QED) is 0.832. The highest BCUT2D eigenvalue weighted by molar-refractivity contribution is 5.39. The van der Waals surface area contributed by atoms with Crippen molar-refractivity contribution in [2.24, 2.45) is 0 Å². The Balaban J connectivity index is 2.50. The van der Waals surface area contributed by atoms with Crippen molar-refractivity contribution in [2.45, 2.75) is 46.0 Å². The molecule has 0 unspecified atom stereocenters. The first-order valence-electron chi connectivity index (χ1n) is 7.20. The number of hydrogen-bond donors (Lipinski definition) is 0. The summed E-state index contributed by atoms with van der Waals surface area (Å²) in [5.74, 6) is 0.311. The van der Waals surface area contributed by atoms with Crippen LogP contribution in [0.15, 0.2) is 24.3 Å². The van der Waals surface area contributed by atoms with Crippen LogP contribution in [0.4, 0.5) is 0 Å². The number of hydrogen-bond acceptors (Lipinski definition) is 3. The highest BCUT2D eigenvalue weighted by atomic mass is 15.4. The van der Waals surface area contributed by atoms with Crippen LogP contribution in [0.3, 0.4) is 0 Å². The molecule has 1 heterocycles. The van der Waals surface area contributed by atoms with Gasteiger partial charge >= 0.3 is 0 Å². The van der Waals surface area contributed by atoms with E-state index in [9.17, 15) is 5.26 Å². The van der Waals surface area contributed by atoms with Crippen molar-refractivity contribution in [3.8, 4) is 11.8 Å². The maximum atomic E-state index is 9.23. The van der Waals surface area contributed by atoms with Crippen LogP contribution in [0.25, 0.3) is 5.69 Å². The van der Waals surface area contributed by atoms with Gasteiger partial charge in [0.1, 0.15) is 6.07 Å². The number of aryl methyl sites for hydroxylation is 1. The molecule has 0 saturated carbocycles. The van der Waals surface area contributed by atoms with E-state index in [0.29, 0.717) is 11.6 Å². The van der Waals surface area contributed by atoms with Crippen LogP contribution in [0.5, 0.6) is 0 Å². The van der Waals surface area contributed by atoms with Gasteiger partial charge in [-0.2, -0.15) is 5.26 Å². The van der Waals surface area contributed by atoms with Gasteiger partial charge in [0.15, 0.2) is 5.69 Å². The van der Waals surface area contributed by atoms with Crippen molar-refractivity contribution in [1.29, 1.82) is 5.26 Å². The van der Waals surface area contributed by atoms with Crippen molar-refractivity contribution in [3.05, 3.63) is 41.2 Å². The first-order chi connectivity index (χ1) is 9.74. The van der Waals surface area contributed by atoms with Gasteiger partial charge in [0.2, 0.25) is 0 Å². The van der Waals surface area contributed by atoms with Crippen LogP contribution < -0.4 is 0 Å². The Hall–Kier alpha value is -2.15. The van der Waals surface area contributed by atoms with Gasteiger partial charge < -0.3 is 0 Å². The Bertz CT molecular complexity index is 600. The molecule has 0 aliphatic heterocycles. The molecule has 0 aliphatic carbocycles. The zero-order valence-corrected chi connectivity index (χ0v) is 12.3. The Morgan fingerprint density at radius 1 is 1.15 bits per heavy atom. The molecule has 0 N–H and O–H groups in total.